The molecule has 0 spiro atoms. The van der Waals surface area contributed by atoms with Crippen molar-refractivity contribution in [2.75, 3.05) is 5.73 Å². The summed E-state index contributed by atoms with van der Waals surface area (Å²) < 4.78 is 0. The quantitative estimate of drug-likeness (QED) is 0.473. The second-order valence-corrected chi connectivity index (χ2v) is 2.47. The van der Waals surface area contributed by atoms with E-state index in [2.05, 4.69) is 6.58 Å². The lowest BCUT2D eigenvalue weighted by atomic mass is 10.1. The first-order valence-corrected chi connectivity index (χ1v) is 3.36. The minimum Gasteiger partial charge on any atom is -0.508 e. The fourth-order valence-electron chi connectivity index (χ4n) is 0.975. The second kappa shape index (κ2) is 2.66. The molecule has 0 atom stereocenters. The molecule has 2 nitrogen and oxygen atoms in total. The first-order chi connectivity index (χ1) is 5.15. The molecule has 1 rings (SSSR count). The van der Waals surface area contributed by atoms with Crippen LogP contribution < -0.4 is 5.73 Å². The molecule has 1 aromatic carbocycles. The van der Waals surface area contributed by atoms with Crippen molar-refractivity contribution in [3.05, 3.63) is 29.8 Å². The molecular formula is C9H11NO. The van der Waals surface area contributed by atoms with E-state index in [1.807, 2.05) is 6.92 Å². The van der Waals surface area contributed by atoms with Gasteiger partial charge in [-0.1, -0.05) is 12.7 Å². The normalized spacial score (nSPS) is 9.55. The maximum atomic E-state index is 9.15. The number of rotatable bonds is 1. The van der Waals surface area contributed by atoms with Crippen molar-refractivity contribution in [2.24, 2.45) is 0 Å². The molecule has 0 fully saturated rings. The van der Waals surface area contributed by atoms with Crippen LogP contribution in [0.3, 0.4) is 0 Å². The summed E-state index contributed by atoms with van der Waals surface area (Å²) in [5, 5.41) is 9.15. The number of nitrogen functional groups attached to an aromatic ring is 1. The van der Waals surface area contributed by atoms with E-state index < -0.39 is 0 Å². The predicted molar refractivity (Wildman–Crippen MR) is 47.3 cm³/mol. The van der Waals surface area contributed by atoms with Gasteiger partial charge in [0, 0.05) is 11.3 Å². The Bertz CT molecular complexity index is 292. The molecule has 0 amide bonds. The minimum atomic E-state index is 0.228. The minimum absolute atomic E-state index is 0.228. The molecule has 0 aliphatic rings. The number of benzene rings is 1. The molecule has 0 bridgehead atoms. The van der Waals surface area contributed by atoms with E-state index in [9.17, 15) is 0 Å². The van der Waals surface area contributed by atoms with Crippen molar-refractivity contribution >= 4 is 11.8 Å². The Labute approximate surface area is 66.0 Å². The van der Waals surface area contributed by atoms with Crippen LogP contribution in [0.4, 0.5) is 5.69 Å². The average molecular weight is 149 g/mol. The Balaban J connectivity index is 3.35. The highest BCUT2D eigenvalue weighted by atomic mass is 16.3. The van der Waals surface area contributed by atoms with Crippen LogP contribution in [0.2, 0.25) is 0 Å². The maximum Gasteiger partial charge on any atom is 0.116 e. The highest BCUT2D eigenvalue weighted by molar-refractivity contribution is 5.68. The first-order valence-electron chi connectivity index (χ1n) is 3.36. The van der Waals surface area contributed by atoms with E-state index in [1.165, 1.54) is 0 Å². The molecule has 0 aliphatic heterocycles. The summed E-state index contributed by atoms with van der Waals surface area (Å²) in [6, 6.07) is 3.22. The number of anilines is 1. The summed E-state index contributed by atoms with van der Waals surface area (Å²) in [6.45, 7) is 5.43. The van der Waals surface area contributed by atoms with Crippen LogP contribution in [-0.2, 0) is 0 Å². The van der Waals surface area contributed by atoms with Gasteiger partial charge in [-0.05, 0) is 24.6 Å². The number of hydrogen-bond acceptors (Lipinski definition) is 2. The van der Waals surface area contributed by atoms with E-state index in [4.69, 9.17) is 10.8 Å². The number of phenols is 1. The highest BCUT2D eigenvalue weighted by Crippen LogP contribution is 2.23. The maximum absolute atomic E-state index is 9.15. The second-order valence-electron chi connectivity index (χ2n) is 2.47. The van der Waals surface area contributed by atoms with Gasteiger partial charge in [-0.25, -0.2) is 0 Å². The van der Waals surface area contributed by atoms with E-state index >= 15 is 0 Å². The number of aromatic hydroxyl groups is 1. The predicted octanol–water partition coefficient (Wildman–Crippen LogP) is 1.93. The van der Waals surface area contributed by atoms with E-state index in [1.54, 1.807) is 18.2 Å². The Morgan fingerprint density at radius 1 is 1.55 bits per heavy atom. The lowest BCUT2D eigenvalue weighted by molar-refractivity contribution is 0.475. The lowest BCUT2D eigenvalue weighted by Crippen LogP contribution is -1.92. The van der Waals surface area contributed by atoms with Gasteiger partial charge in [0.05, 0.1) is 0 Å². The SMILES string of the molecule is C=Cc1cc(O)cc(C)c1N. The molecule has 2 heteroatoms. The largest absolute Gasteiger partial charge is 0.508 e. The summed E-state index contributed by atoms with van der Waals surface area (Å²) >= 11 is 0. The fraction of sp³-hybridized carbons (Fsp3) is 0.111. The average Bonchev–Trinajstić information content (AvgIpc) is 1.96. The fourth-order valence-corrected chi connectivity index (χ4v) is 0.975. The van der Waals surface area contributed by atoms with Gasteiger partial charge in [-0.15, -0.1) is 0 Å². The smallest absolute Gasteiger partial charge is 0.116 e. The van der Waals surface area contributed by atoms with Gasteiger partial charge in [0.25, 0.3) is 0 Å². The zero-order chi connectivity index (χ0) is 8.43. The molecular weight excluding hydrogens is 138 g/mol. The summed E-state index contributed by atoms with van der Waals surface area (Å²) in [4.78, 5) is 0. The van der Waals surface area contributed by atoms with Gasteiger partial charge < -0.3 is 10.8 Å². The van der Waals surface area contributed by atoms with Crippen LogP contribution in [0.5, 0.6) is 5.75 Å². The van der Waals surface area contributed by atoms with Crippen LogP contribution in [0, 0.1) is 6.92 Å². The third-order valence-corrected chi connectivity index (χ3v) is 1.62. The first kappa shape index (κ1) is 7.66. The van der Waals surface area contributed by atoms with Crippen LogP contribution in [-0.4, -0.2) is 5.11 Å². The van der Waals surface area contributed by atoms with E-state index in [0.29, 0.717) is 5.69 Å². The van der Waals surface area contributed by atoms with Gasteiger partial charge in [0.1, 0.15) is 5.75 Å². The summed E-state index contributed by atoms with van der Waals surface area (Å²) in [6.07, 6.45) is 1.63. The molecule has 0 aliphatic carbocycles. The van der Waals surface area contributed by atoms with Crippen LogP contribution in [0.15, 0.2) is 18.7 Å². The van der Waals surface area contributed by atoms with Crippen LogP contribution >= 0.6 is 0 Å². The number of aryl methyl sites for hydroxylation is 1. The Morgan fingerprint density at radius 3 is 2.73 bits per heavy atom. The summed E-state index contributed by atoms with van der Waals surface area (Å²) in [5.41, 5.74) is 8.01. The van der Waals surface area contributed by atoms with Crippen molar-refractivity contribution in [1.82, 2.24) is 0 Å². The Morgan fingerprint density at radius 2 is 2.18 bits per heavy atom. The van der Waals surface area contributed by atoms with Gasteiger partial charge in [0.2, 0.25) is 0 Å². The van der Waals surface area contributed by atoms with Gasteiger partial charge in [-0.2, -0.15) is 0 Å². The molecule has 0 saturated heterocycles. The van der Waals surface area contributed by atoms with Crippen molar-refractivity contribution < 1.29 is 5.11 Å². The zero-order valence-electron chi connectivity index (χ0n) is 6.46. The molecule has 0 saturated carbocycles. The molecule has 0 aromatic heterocycles. The third-order valence-electron chi connectivity index (χ3n) is 1.62. The van der Waals surface area contributed by atoms with Crippen molar-refractivity contribution in [3.8, 4) is 5.75 Å². The zero-order valence-corrected chi connectivity index (χ0v) is 6.46. The van der Waals surface area contributed by atoms with Crippen LogP contribution in [0.25, 0.3) is 6.08 Å². The molecule has 0 unspecified atom stereocenters. The van der Waals surface area contributed by atoms with Crippen LogP contribution in [0.1, 0.15) is 11.1 Å². The number of nitrogens with two attached hydrogens (primary N) is 1. The highest BCUT2D eigenvalue weighted by Gasteiger charge is 2.00. The molecule has 1 aromatic rings. The van der Waals surface area contributed by atoms with Gasteiger partial charge in [0.15, 0.2) is 0 Å². The third kappa shape index (κ3) is 1.34. The monoisotopic (exact) mass is 149 g/mol. The molecule has 0 heterocycles. The van der Waals surface area contributed by atoms with E-state index in [-0.39, 0.29) is 5.75 Å². The molecule has 11 heavy (non-hydrogen) atoms. The summed E-state index contributed by atoms with van der Waals surface area (Å²) in [7, 11) is 0. The Kier molecular flexibility index (Phi) is 1.85. The molecule has 0 radical (unpaired) electrons. The number of phenolic OH excluding ortho intramolecular Hbond substituents is 1. The standard InChI is InChI=1S/C9H11NO/c1-3-7-5-8(11)4-6(2)9(7)10/h3-5,11H,1,10H2,2H3. The van der Waals surface area contributed by atoms with Gasteiger partial charge >= 0.3 is 0 Å². The number of hydrogen-bond donors (Lipinski definition) is 2. The Hall–Kier alpha value is -1.44. The summed E-state index contributed by atoms with van der Waals surface area (Å²) in [5.74, 6) is 0.228. The van der Waals surface area contributed by atoms with Gasteiger partial charge in [-0.3, -0.25) is 0 Å². The van der Waals surface area contributed by atoms with Crippen molar-refractivity contribution in [1.29, 1.82) is 0 Å². The topological polar surface area (TPSA) is 46.2 Å². The van der Waals surface area contributed by atoms with Crippen molar-refractivity contribution in [2.45, 2.75) is 6.92 Å². The molecule has 3 N–H and O–H groups in total. The lowest BCUT2D eigenvalue weighted by Gasteiger charge is -2.04. The molecule has 58 valence electrons. The van der Waals surface area contributed by atoms with E-state index in [0.717, 1.165) is 11.1 Å². The van der Waals surface area contributed by atoms with Crippen molar-refractivity contribution in [3.63, 3.8) is 0 Å².